The summed E-state index contributed by atoms with van der Waals surface area (Å²) in [4.78, 5) is 14.6. The van der Waals surface area contributed by atoms with Gasteiger partial charge in [-0.15, -0.1) is 0 Å². The molecule has 0 unspecified atom stereocenters. The van der Waals surface area contributed by atoms with E-state index in [0.29, 0.717) is 17.6 Å². The van der Waals surface area contributed by atoms with Crippen LogP contribution in [0.2, 0.25) is 0 Å². The number of carbonyl (C=O) groups excluding carboxylic acids is 1. The molecule has 3 rings (SSSR count). The van der Waals surface area contributed by atoms with Gasteiger partial charge in [-0.1, -0.05) is 12.8 Å². The highest BCUT2D eigenvalue weighted by atomic mass is 16.5. The van der Waals surface area contributed by atoms with Crippen molar-refractivity contribution in [3.8, 4) is 0 Å². The largest absolute Gasteiger partial charge is 0.456 e. The summed E-state index contributed by atoms with van der Waals surface area (Å²) >= 11 is 0. The first kappa shape index (κ1) is 14.6. The van der Waals surface area contributed by atoms with Gasteiger partial charge in [0.1, 0.15) is 11.7 Å². The van der Waals surface area contributed by atoms with E-state index in [4.69, 9.17) is 4.74 Å². The van der Waals surface area contributed by atoms with Crippen molar-refractivity contribution >= 4 is 5.97 Å². The Balaban J connectivity index is 1.60. The van der Waals surface area contributed by atoms with Crippen LogP contribution in [0.4, 0.5) is 0 Å². The second kappa shape index (κ2) is 5.79. The van der Waals surface area contributed by atoms with Gasteiger partial charge in [0.15, 0.2) is 0 Å². The van der Waals surface area contributed by atoms with Crippen molar-refractivity contribution in [3.05, 3.63) is 17.5 Å². The van der Waals surface area contributed by atoms with Crippen molar-refractivity contribution in [1.82, 2.24) is 14.7 Å². The topological polar surface area (TPSA) is 47.4 Å². The van der Waals surface area contributed by atoms with Crippen LogP contribution in [0, 0.1) is 6.92 Å². The number of esters is 1. The Kier molecular flexibility index (Phi) is 4.02. The number of aromatic nitrogens is 2. The average Bonchev–Trinajstić information content (AvgIpc) is 3.01. The number of likely N-dealkylation sites (tertiary alicyclic amines) is 1. The molecule has 116 valence electrons. The number of hydrogen-bond donors (Lipinski definition) is 0. The molecular formula is C16H25N3O2. The lowest BCUT2D eigenvalue weighted by Gasteiger charge is -2.41. The van der Waals surface area contributed by atoms with E-state index in [1.807, 2.05) is 11.6 Å². The monoisotopic (exact) mass is 291 g/mol. The molecule has 0 amide bonds. The first-order chi connectivity index (χ1) is 10.1. The maximum Gasteiger partial charge on any atom is 0.341 e. The summed E-state index contributed by atoms with van der Waals surface area (Å²) in [5, 5.41) is 4.42. The quantitative estimate of drug-likeness (QED) is 0.800. The van der Waals surface area contributed by atoms with Gasteiger partial charge in [0.05, 0.1) is 17.9 Å². The molecule has 0 aromatic carbocycles. The third kappa shape index (κ3) is 2.84. The van der Waals surface area contributed by atoms with Gasteiger partial charge >= 0.3 is 5.97 Å². The minimum atomic E-state index is -0.217. The SMILES string of the molecule is Cc1c(C(=O)OC2CN(C(C)C)C2)cnn1C1CCCC1. The zero-order chi connectivity index (χ0) is 15.0. The number of nitrogens with zero attached hydrogens (tertiary/aromatic N) is 3. The summed E-state index contributed by atoms with van der Waals surface area (Å²) in [6.07, 6.45) is 6.57. The number of hydrogen-bond acceptors (Lipinski definition) is 4. The second-order valence-electron chi connectivity index (χ2n) is 6.60. The predicted octanol–water partition coefficient (Wildman–Crippen LogP) is 2.56. The lowest BCUT2D eigenvalue weighted by atomic mass is 10.1. The van der Waals surface area contributed by atoms with E-state index in [2.05, 4.69) is 23.8 Å². The molecule has 0 N–H and O–H groups in total. The zero-order valence-corrected chi connectivity index (χ0v) is 13.2. The Morgan fingerprint density at radius 3 is 2.62 bits per heavy atom. The van der Waals surface area contributed by atoms with Crippen LogP contribution in [-0.2, 0) is 4.74 Å². The van der Waals surface area contributed by atoms with Crippen LogP contribution in [0.1, 0.15) is 61.6 Å². The first-order valence-electron chi connectivity index (χ1n) is 8.05. The minimum Gasteiger partial charge on any atom is -0.456 e. The van der Waals surface area contributed by atoms with Gasteiger partial charge in [-0.05, 0) is 33.6 Å². The molecule has 1 saturated carbocycles. The van der Waals surface area contributed by atoms with Gasteiger partial charge in [-0.3, -0.25) is 9.58 Å². The zero-order valence-electron chi connectivity index (χ0n) is 13.2. The van der Waals surface area contributed by atoms with E-state index in [1.165, 1.54) is 25.7 Å². The smallest absolute Gasteiger partial charge is 0.341 e. The van der Waals surface area contributed by atoms with Crippen molar-refractivity contribution < 1.29 is 9.53 Å². The van der Waals surface area contributed by atoms with E-state index in [0.717, 1.165) is 18.8 Å². The van der Waals surface area contributed by atoms with E-state index in [-0.39, 0.29) is 12.1 Å². The van der Waals surface area contributed by atoms with Crippen molar-refractivity contribution in [1.29, 1.82) is 0 Å². The fraction of sp³-hybridized carbons (Fsp3) is 0.750. The molecule has 0 spiro atoms. The van der Waals surface area contributed by atoms with Gasteiger partial charge in [-0.2, -0.15) is 5.10 Å². The summed E-state index contributed by atoms with van der Waals surface area (Å²) in [5.41, 5.74) is 1.58. The molecule has 0 atom stereocenters. The summed E-state index contributed by atoms with van der Waals surface area (Å²) < 4.78 is 7.59. The molecular weight excluding hydrogens is 266 g/mol. The maximum atomic E-state index is 12.3. The highest BCUT2D eigenvalue weighted by Gasteiger charge is 2.32. The van der Waals surface area contributed by atoms with E-state index in [9.17, 15) is 4.79 Å². The standard InChI is InChI=1S/C16H25N3O2/c1-11(2)18-9-14(10-18)21-16(20)15-8-17-19(12(15)3)13-6-4-5-7-13/h8,11,13-14H,4-7,9-10H2,1-3H3. The fourth-order valence-electron chi connectivity index (χ4n) is 3.32. The highest BCUT2D eigenvalue weighted by Crippen LogP contribution is 2.30. The van der Waals surface area contributed by atoms with Crippen LogP contribution in [0.5, 0.6) is 0 Å². The third-order valence-electron chi connectivity index (χ3n) is 4.82. The highest BCUT2D eigenvalue weighted by molar-refractivity contribution is 5.90. The molecule has 5 nitrogen and oxygen atoms in total. The van der Waals surface area contributed by atoms with Gasteiger partial charge in [0.2, 0.25) is 0 Å². The second-order valence-corrected chi connectivity index (χ2v) is 6.60. The molecule has 1 aliphatic heterocycles. The molecule has 1 aliphatic carbocycles. The Morgan fingerprint density at radius 1 is 1.33 bits per heavy atom. The Labute approximate surface area is 126 Å². The molecule has 0 radical (unpaired) electrons. The summed E-state index contributed by atoms with van der Waals surface area (Å²) in [6.45, 7) is 7.99. The van der Waals surface area contributed by atoms with Crippen molar-refractivity contribution in [2.24, 2.45) is 0 Å². The third-order valence-corrected chi connectivity index (χ3v) is 4.82. The van der Waals surface area contributed by atoms with Crippen LogP contribution in [0.3, 0.4) is 0 Å². The number of carbonyl (C=O) groups is 1. The Bertz CT molecular complexity index is 512. The average molecular weight is 291 g/mol. The first-order valence-corrected chi connectivity index (χ1v) is 8.05. The summed E-state index contributed by atoms with van der Waals surface area (Å²) in [7, 11) is 0. The fourth-order valence-corrected chi connectivity index (χ4v) is 3.32. The van der Waals surface area contributed by atoms with Crippen molar-refractivity contribution in [3.63, 3.8) is 0 Å². The molecule has 2 fully saturated rings. The van der Waals surface area contributed by atoms with Crippen LogP contribution < -0.4 is 0 Å². The summed E-state index contributed by atoms with van der Waals surface area (Å²) in [5.74, 6) is -0.217. The number of rotatable bonds is 4. The Hall–Kier alpha value is -1.36. The normalized spacial score (nSPS) is 21.0. The molecule has 5 heteroatoms. The van der Waals surface area contributed by atoms with Gasteiger partial charge in [0.25, 0.3) is 0 Å². The Morgan fingerprint density at radius 2 is 2.00 bits per heavy atom. The van der Waals surface area contributed by atoms with Crippen molar-refractivity contribution in [2.75, 3.05) is 13.1 Å². The molecule has 1 aromatic heterocycles. The predicted molar refractivity (Wildman–Crippen MR) is 80.4 cm³/mol. The van der Waals surface area contributed by atoms with Crippen LogP contribution >= 0.6 is 0 Å². The molecule has 21 heavy (non-hydrogen) atoms. The van der Waals surface area contributed by atoms with Gasteiger partial charge in [0, 0.05) is 19.1 Å². The summed E-state index contributed by atoms with van der Waals surface area (Å²) in [6, 6.07) is 0.985. The van der Waals surface area contributed by atoms with E-state index in [1.54, 1.807) is 6.20 Å². The lowest BCUT2D eigenvalue weighted by molar-refractivity contribution is -0.0420. The molecule has 1 aromatic rings. The van der Waals surface area contributed by atoms with Crippen LogP contribution in [0.15, 0.2) is 6.20 Å². The number of ether oxygens (including phenoxy) is 1. The van der Waals surface area contributed by atoms with E-state index < -0.39 is 0 Å². The van der Waals surface area contributed by atoms with Crippen LogP contribution in [-0.4, -0.2) is 45.9 Å². The van der Waals surface area contributed by atoms with E-state index >= 15 is 0 Å². The molecule has 0 bridgehead atoms. The van der Waals surface area contributed by atoms with Gasteiger partial charge < -0.3 is 4.74 Å². The molecule has 2 heterocycles. The molecule has 2 aliphatic rings. The maximum absolute atomic E-state index is 12.3. The van der Waals surface area contributed by atoms with Gasteiger partial charge in [-0.25, -0.2) is 4.79 Å². The molecule has 1 saturated heterocycles. The lowest BCUT2D eigenvalue weighted by Crippen LogP contribution is -2.55. The minimum absolute atomic E-state index is 0.0362. The van der Waals surface area contributed by atoms with Crippen molar-refractivity contribution in [2.45, 2.75) is 64.6 Å². The van der Waals surface area contributed by atoms with Crippen LogP contribution in [0.25, 0.3) is 0 Å².